The van der Waals surface area contributed by atoms with Gasteiger partial charge in [-0.3, -0.25) is 4.40 Å². The second-order valence-corrected chi connectivity index (χ2v) is 9.65. The van der Waals surface area contributed by atoms with Gasteiger partial charge in [-0.1, -0.05) is 48.5 Å². The third-order valence-electron chi connectivity index (χ3n) is 7.92. The molecular weight excluding hydrogens is 428 g/mol. The molecule has 0 atom stereocenters. The van der Waals surface area contributed by atoms with Crippen molar-refractivity contribution in [3.63, 3.8) is 0 Å². The van der Waals surface area contributed by atoms with Crippen LogP contribution in [0.4, 0.5) is 0 Å². The molecule has 9 rings (SSSR count). The molecule has 0 saturated carbocycles. The molecule has 0 spiro atoms. The molecule has 2 aliphatic rings. The smallest absolute Gasteiger partial charge is 0.166 e. The highest BCUT2D eigenvalue weighted by molar-refractivity contribution is 6.20. The van der Waals surface area contributed by atoms with Gasteiger partial charge in [-0.15, -0.1) is 0 Å². The molecule has 0 amide bonds. The SMILES string of the molecule is c1ccc2c(c1)Cc1ccc3c(c1-2)Cc1ccc2c(c1-3)c1cccnc1n1c3ncccc3nc21. The zero-order valence-corrected chi connectivity index (χ0v) is 18.8. The van der Waals surface area contributed by atoms with Crippen molar-refractivity contribution >= 4 is 38.6 Å². The summed E-state index contributed by atoms with van der Waals surface area (Å²) in [4.78, 5) is 14.5. The molecule has 0 fully saturated rings. The lowest BCUT2D eigenvalue weighted by molar-refractivity contribution is 1.20. The molecular formula is C31H18N4. The number of fused-ring (bicyclic) bond motifs is 16. The van der Waals surface area contributed by atoms with Crippen LogP contribution < -0.4 is 0 Å². The van der Waals surface area contributed by atoms with Gasteiger partial charge in [0.15, 0.2) is 5.65 Å². The van der Waals surface area contributed by atoms with Crippen molar-refractivity contribution in [3.8, 4) is 22.3 Å². The Balaban J connectivity index is 1.47. The first kappa shape index (κ1) is 17.8. The van der Waals surface area contributed by atoms with E-state index in [1.165, 1.54) is 49.9 Å². The Hall–Kier alpha value is -4.57. The van der Waals surface area contributed by atoms with Crippen molar-refractivity contribution in [2.75, 3.05) is 0 Å². The predicted octanol–water partition coefficient (Wildman–Crippen LogP) is 6.73. The van der Waals surface area contributed by atoms with Crippen LogP contribution >= 0.6 is 0 Å². The van der Waals surface area contributed by atoms with Crippen molar-refractivity contribution in [2.45, 2.75) is 12.8 Å². The molecule has 0 saturated heterocycles. The Morgan fingerprint density at radius 1 is 0.571 bits per heavy atom. The number of nitrogens with zero attached hydrogens (tertiary/aromatic N) is 4. The fourth-order valence-corrected chi connectivity index (χ4v) is 6.54. The number of benzene rings is 3. The van der Waals surface area contributed by atoms with E-state index in [0.29, 0.717) is 0 Å². The highest BCUT2D eigenvalue weighted by atomic mass is 15.1. The van der Waals surface area contributed by atoms with E-state index in [0.717, 1.165) is 46.1 Å². The van der Waals surface area contributed by atoms with Crippen LogP contribution in [-0.2, 0) is 12.8 Å². The van der Waals surface area contributed by atoms with Crippen LogP contribution in [0.3, 0.4) is 0 Å². The van der Waals surface area contributed by atoms with E-state index in [9.17, 15) is 0 Å². The predicted molar refractivity (Wildman–Crippen MR) is 140 cm³/mol. The van der Waals surface area contributed by atoms with Gasteiger partial charge >= 0.3 is 0 Å². The second kappa shape index (κ2) is 6.10. The molecule has 4 heteroatoms. The van der Waals surface area contributed by atoms with Crippen LogP contribution in [0.1, 0.15) is 22.3 Å². The van der Waals surface area contributed by atoms with E-state index in [-0.39, 0.29) is 0 Å². The van der Waals surface area contributed by atoms with Crippen molar-refractivity contribution < 1.29 is 0 Å². The molecule has 0 aliphatic heterocycles. The average Bonchev–Trinajstić information content (AvgIpc) is 3.59. The van der Waals surface area contributed by atoms with Gasteiger partial charge in [0.05, 0.1) is 0 Å². The van der Waals surface area contributed by atoms with Gasteiger partial charge < -0.3 is 0 Å². The van der Waals surface area contributed by atoms with E-state index in [1.54, 1.807) is 0 Å². The van der Waals surface area contributed by atoms with E-state index in [4.69, 9.17) is 9.97 Å². The van der Waals surface area contributed by atoms with Crippen LogP contribution in [0.5, 0.6) is 0 Å². The summed E-state index contributed by atoms with van der Waals surface area (Å²) in [6.07, 6.45) is 5.68. The third-order valence-corrected chi connectivity index (χ3v) is 7.92. The van der Waals surface area contributed by atoms with Crippen molar-refractivity contribution in [2.24, 2.45) is 0 Å². The first-order valence-corrected chi connectivity index (χ1v) is 12.1. The van der Waals surface area contributed by atoms with E-state index < -0.39 is 0 Å². The molecule has 4 aromatic heterocycles. The fraction of sp³-hybridized carbons (Fsp3) is 0.0645. The standard InChI is InChI=1S/C31H18N4/c1-2-6-20-17(5-1)15-18-9-11-21-24(26(18)20)16-19-10-12-23-28(27(19)21)22-7-3-13-32-29(22)35-30(23)34-25-8-4-14-33-31(25)35/h1-14H,15-16H2. The molecule has 3 aromatic carbocycles. The first-order valence-electron chi connectivity index (χ1n) is 12.1. The summed E-state index contributed by atoms with van der Waals surface area (Å²) in [5.41, 5.74) is 14.8. The highest BCUT2D eigenvalue weighted by Crippen LogP contribution is 2.50. The lowest BCUT2D eigenvalue weighted by Crippen LogP contribution is -1.96. The Morgan fingerprint density at radius 2 is 1.37 bits per heavy atom. The van der Waals surface area contributed by atoms with Gasteiger partial charge in [0, 0.05) is 28.6 Å². The summed E-state index contributed by atoms with van der Waals surface area (Å²) in [7, 11) is 0. The molecule has 2 aliphatic carbocycles. The minimum absolute atomic E-state index is 0.850. The molecule has 0 radical (unpaired) electrons. The van der Waals surface area contributed by atoms with E-state index in [2.05, 4.69) is 64.0 Å². The monoisotopic (exact) mass is 446 g/mol. The largest absolute Gasteiger partial charge is 0.260 e. The Labute approximate surface area is 200 Å². The van der Waals surface area contributed by atoms with Crippen LogP contribution in [0.15, 0.2) is 85.2 Å². The number of imidazole rings is 1. The first-order chi connectivity index (χ1) is 17.4. The molecule has 162 valence electrons. The summed E-state index contributed by atoms with van der Waals surface area (Å²) >= 11 is 0. The average molecular weight is 447 g/mol. The Morgan fingerprint density at radius 3 is 2.34 bits per heavy atom. The number of hydrogen-bond donors (Lipinski definition) is 0. The van der Waals surface area contributed by atoms with Gasteiger partial charge in [-0.2, -0.15) is 0 Å². The highest BCUT2D eigenvalue weighted by Gasteiger charge is 2.30. The number of aromatic nitrogens is 4. The van der Waals surface area contributed by atoms with Gasteiger partial charge in [0.25, 0.3) is 0 Å². The molecule has 0 bridgehead atoms. The summed E-state index contributed by atoms with van der Waals surface area (Å²) in [6, 6.07) is 26.3. The topological polar surface area (TPSA) is 43.1 Å². The molecule has 7 aromatic rings. The normalized spacial score (nSPS) is 13.5. The minimum Gasteiger partial charge on any atom is -0.260 e. The van der Waals surface area contributed by atoms with Gasteiger partial charge in [0.1, 0.15) is 16.8 Å². The Bertz CT molecular complexity index is 2070. The lowest BCUT2D eigenvalue weighted by Gasteiger charge is -2.13. The van der Waals surface area contributed by atoms with Crippen LogP contribution in [0, 0.1) is 0 Å². The second-order valence-electron chi connectivity index (χ2n) is 9.65. The maximum absolute atomic E-state index is 5.02. The van der Waals surface area contributed by atoms with E-state index in [1.807, 2.05) is 30.6 Å². The van der Waals surface area contributed by atoms with Crippen molar-refractivity contribution in [1.82, 2.24) is 19.4 Å². The van der Waals surface area contributed by atoms with Crippen molar-refractivity contribution in [3.05, 3.63) is 107 Å². The summed E-state index contributed by atoms with van der Waals surface area (Å²) in [6.45, 7) is 0. The third kappa shape index (κ3) is 2.11. The molecule has 0 unspecified atom stereocenters. The molecule has 0 N–H and O–H groups in total. The van der Waals surface area contributed by atoms with Crippen LogP contribution in [0.25, 0.3) is 60.9 Å². The molecule has 4 heterocycles. The van der Waals surface area contributed by atoms with Gasteiger partial charge in [-0.25, -0.2) is 15.0 Å². The van der Waals surface area contributed by atoms with Crippen LogP contribution in [-0.4, -0.2) is 19.4 Å². The van der Waals surface area contributed by atoms with E-state index >= 15 is 0 Å². The van der Waals surface area contributed by atoms with Gasteiger partial charge in [0.2, 0.25) is 0 Å². The van der Waals surface area contributed by atoms with Gasteiger partial charge in [-0.05, 0) is 81.6 Å². The maximum Gasteiger partial charge on any atom is 0.166 e. The zero-order valence-electron chi connectivity index (χ0n) is 18.8. The summed E-state index contributed by atoms with van der Waals surface area (Å²) in [5.74, 6) is 0. The zero-order chi connectivity index (χ0) is 22.7. The number of pyridine rings is 3. The minimum atomic E-state index is 0.850. The summed E-state index contributed by atoms with van der Waals surface area (Å²) < 4.78 is 2.12. The lowest BCUT2D eigenvalue weighted by atomic mass is 9.93. The summed E-state index contributed by atoms with van der Waals surface area (Å²) in [5, 5.41) is 3.54. The van der Waals surface area contributed by atoms with Crippen LogP contribution in [0.2, 0.25) is 0 Å². The molecule has 4 nitrogen and oxygen atoms in total. The maximum atomic E-state index is 5.02. The molecule has 35 heavy (non-hydrogen) atoms. The number of rotatable bonds is 0. The Kier molecular flexibility index (Phi) is 3.11. The quantitative estimate of drug-likeness (QED) is 0.243. The number of hydrogen-bond acceptors (Lipinski definition) is 3. The fourth-order valence-electron chi connectivity index (χ4n) is 6.54. The van der Waals surface area contributed by atoms with Crippen molar-refractivity contribution in [1.29, 1.82) is 0 Å².